The van der Waals surface area contributed by atoms with Gasteiger partial charge in [-0.2, -0.15) is 0 Å². The SMILES string of the molecule is CCOCCOc1ccccc1NC(=S)NC(=O)c1ccccc1OC. The predicted molar refractivity (Wildman–Crippen MR) is 105 cm³/mol. The number of hydrogen-bond acceptors (Lipinski definition) is 5. The molecule has 26 heavy (non-hydrogen) atoms. The van der Waals surface area contributed by atoms with Gasteiger partial charge in [0.15, 0.2) is 5.11 Å². The molecule has 0 fully saturated rings. The Morgan fingerprint density at radius 2 is 1.73 bits per heavy atom. The van der Waals surface area contributed by atoms with E-state index in [2.05, 4.69) is 10.6 Å². The summed E-state index contributed by atoms with van der Waals surface area (Å²) >= 11 is 5.24. The van der Waals surface area contributed by atoms with Crippen LogP contribution in [0.15, 0.2) is 48.5 Å². The number of hydrogen-bond donors (Lipinski definition) is 2. The maximum Gasteiger partial charge on any atom is 0.261 e. The van der Waals surface area contributed by atoms with Crippen molar-refractivity contribution in [2.24, 2.45) is 0 Å². The summed E-state index contributed by atoms with van der Waals surface area (Å²) in [5.41, 5.74) is 1.06. The lowest BCUT2D eigenvalue weighted by molar-refractivity contribution is 0.0975. The highest BCUT2D eigenvalue weighted by molar-refractivity contribution is 7.80. The Balaban J connectivity index is 1.98. The molecular formula is C19H22N2O4S. The molecule has 0 aliphatic heterocycles. The largest absolute Gasteiger partial charge is 0.496 e. The van der Waals surface area contributed by atoms with Gasteiger partial charge < -0.3 is 19.5 Å². The Hall–Kier alpha value is -2.64. The van der Waals surface area contributed by atoms with E-state index in [4.69, 9.17) is 26.4 Å². The highest BCUT2D eigenvalue weighted by Crippen LogP contribution is 2.23. The second-order valence-corrected chi connectivity index (χ2v) is 5.56. The number of thiocarbonyl (C=S) groups is 1. The van der Waals surface area contributed by atoms with Crippen molar-refractivity contribution in [1.29, 1.82) is 0 Å². The molecule has 0 bridgehead atoms. The second-order valence-electron chi connectivity index (χ2n) is 5.15. The summed E-state index contributed by atoms with van der Waals surface area (Å²) in [6.45, 7) is 3.49. The van der Waals surface area contributed by atoms with Crippen LogP contribution in [-0.4, -0.2) is 38.0 Å². The van der Waals surface area contributed by atoms with Crippen molar-refractivity contribution in [2.75, 3.05) is 32.2 Å². The average molecular weight is 374 g/mol. The van der Waals surface area contributed by atoms with Gasteiger partial charge in [-0.25, -0.2) is 0 Å². The van der Waals surface area contributed by atoms with Gasteiger partial charge in [-0.1, -0.05) is 24.3 Å². The first kappa shape index (κ1) is 19.7. The minimum absolute atomic E-state index is 0.168. The Labute approximate surface area is 158 Å². The first-order valence-corrected chi connectivity index (χ1v) is 8.61. The molecule has 7 heteroatoms. The van der Waals surface area contributed by atoms with Crippen molar-refractivity contribution in [3.05, 3.63) is 54.1 Å². The van der Waals surface area contributed by atoms with Gasteiger partial charge >= 0.3 is 0 Å². The zero-order valence-corrected chi connectivity index (χ0v) is 15.6. The summed E-state index contributed by atoms with van der Waals surface area (Å²) in [6.07, 6.45) is 0. The lowest BCUT2D eigenvalue weighted by Crippen LogP contribution is -2.34. The van der Waals surface area contributed by atoms with Crippen molar-refractivity contribution >= 4 is 28.9 Å². The zero-order chi connectivity index (χ0) is 18.8. The van der Waals surface area contributed by atoms with Gasteiger partial charge in [0.2, 0.25) is 0 Å². The van der Waals surface area contributed by atoms with Crippen LogP contribution >= 0.6 is 12.2 Å². The molecule has 0 radical (unpaired) electrons. The minimum atomic E-state index is -0.352. The monoisotopic (exact) mass is 374 g/mol. The lowest BCUT2D eigenvalue weighted by atomic mass is 10.2. The van der Waals surface area contributed by atoms with Crippen molar-refractivity contribution in [1.82, 2.24) is 5.32 Å². The second kappa shape index (κ2) is 10.4. The summed E-state index contributed by atoms with van der Waals surface area (Å²) in [7, 11) is 1.51. The molecule has 1 amide bonds. The van der Waals surface area contributed by atoms with Crippen LogP contribution < -0.4 is 20.1 Å². The van der Waals surface area contributed by atoms with Crippen LogP contribution in [0, 0.1) is 0 Å². The van der Waals surface area contributed by atoms with Gasteiger partial charge in [0, 0.05) is 6.61 Å². The van der Waals surface area contributed by atoms with E-state index < -0.39 is 0 Å². The molecule has 0 aliphatic carbocycles. The van der Waals surface area contributed by atoms with Gasteiger partial charge in [-0.05, 0) is 43.4 Å². The summed E-state index contributed by atoms with van der Waals surface area (Å²) in [6, 6.07) is 14.3. The fourth-order valence-corrected chi connectivity index (χ4v) is 2.41. The van der Waals surface area contributed by atoms with Crippen LogP contribution in [0.3, 0.4) is 0 Å². The van der Waals surface area contributed by atoms with E-state index >= 15 is 0 Å². The molecule has 2 rings (SSSR count). The fraction of sp³-hybridized carbons (Fsp3) is 0.263. The van der Waals surface area contributed by atoms with Crippen molar-refractivity contribution in [2.45, 2.75) is 6.92 Å². The minimum Gasteiger partial charge on any atom is -0.496 e. The van der Waals surface area contributed by atoms with E-state index in [0.717, 1.165) is 0 Å². The average Bonchev–Trinajstić information content (AvgIpc) is 2.66. The van der Waals surface area contributed by atoms with Crippen molar-refractivity contribution in [3.63, 3.8) is 0 Å². The molecule has 0 spiro atoms. The van der Waals surface area contributed by atoms with Crippen LogP contribution in [-0.2, 0) is 4.74 Å². The zero-order valence-electron chi connectivity index (χ0n) is 14.8. The third-order valence-electron chi connectivity index (χ3n) is 3.40. The third-order valence-corrected chi connectivity index (χ3v) is 3.61. The normalized spacial score (nSPS) is 10.1. The third kappa shape index (κ3) is 5.72. The van der Waals surface area contributed by atoms with Gasteiger partial charge in [0.25, 0.3) is 5.91 Å². The number of benzene rings is 2. The summed E-state index contributed by atoms with van der Waals surface area (Å²) < 4.78 is 16.1. The van der Waals surface area contributed by atoms with Crippen LogP contribution in [0.5, 0.6) is 11.5 Å². The first-order chi connectivity index (χ1) is 12.7. The fourth-order valence-electron chi connectivity index (χ4n) is 2.21. The van der Waals surface area contributed by atoms with Crippen molar-refractivity contribution in [3.8, 4) is 11.5 Å². The van der Waals surface area contributed by atoms with Crippen LogP contribution in [0.25, 0.3) is 0 Å². The molecule has 0 saturated heterocycles. The van der Waals surface area contributed by atoms with E-state index in [-0.39, 0.29) is 11.0 Å². The van der Waals surface area contributed by atoms with E-state index in [9.17, 15) is 4.79 Å². The molecule has 2 N–H and O–H groups in total. The molecule has 0 unspecified atom stereocenters. The molecule has 0 atom stereocenters. The van der Waals surface area contributed by atoms with E-state index in [1.165, 1.54) is 7.11 Å². The molecule has 0 heterocycles. The van der Waals surface area contributed by atoms with Crippen LogP contribution in [0.4, 0.5) is 5.69 Å². The number of carbonyl (C=O) groups excluding carboxylic acids is 1. The van der Waals surface area contributed by atoms with Gasteiger partial charge in [0.05, 0.1) is 25.0 Å². The maximum atomic E-state index is 12.4. The van der Waals surface area contributed by atoms with Crippen molar-refractivity contribution < 1.29 is 19.0 Å². The first-order valence-electron chi connectivity index (χ1n) is 8.20. The van der Waals surface area contributed by atoms with E-state index in [1.54, 1.807) is 24.3 Å². The quantitative estimate of drug-likeness (QED) is 0.546. The number of carbonyl (C=O) groups is 1. The number of para-hydroxylation sites is 3. The van der Waals surface area contributed by atoms with E-state index in [1.807, 2.05) is 31.2 Å². The number of rotatable bonds is 8. The number of anilines is 1. The molecule has 0 aliphatic rings. The summed E-state index contributed by atoms with van der Waals surface area (Å²) in [5, 5.41) is 5.79. The molecule has 2 aromatic rings. The Morgan fingerprint density at radius 3 is 2.46 bits per heavy atom. The predicted octanol–water partition coefficient (Wildman–Crippen LogP) is 3.24. The molecule has 138 valence electrons. The molecule has 2 aromatic carbocycles. The van der Waals surface area contributed by atoms with Gasteiger partial charge in [-0.15, -0.1) is 0 Å². The standard InChI is InChI=1S/C19H22N2O4S/c1-3-24-12-13-25-17-11-7-5-9-15(17)20-19(26)21-18(22)14-8-4-6-10-16(14)23-2/h4-11H,3,12-13H2,1-2H3,(H2,20,21,22,26). The number of nitrogens with one attached hydrogen (secondary N) is 2. The molecular weight excluding hydrogens is 352 g/mol. The topological polar surface area (TPSA) is 68.8 Å². The highest BCUT2D eigenvalue weighted by Gasteiger charge is 2.13. The Bertz CT molecular complexity index is 752. The van der Waals surface area contributed by atoms with Gasteiger partial charge in [-0.3, -0.25) is 10.1 Å². The Morgan fingerprint density at radius 1 is 1.04 bits per heavy atom. The van der Waals surface area contributed by atoms with Crippen LogP contribution in [0.1, 0.15) is 17.3 Å². The highest BCUT2D eigenvalue weighted by atomic mass is 32.1. The number of ether oxygens (including phenoxy) is 3. The van der Waals surface area contributed by atoms with Crippen LogP contribution in [0.2, 0.25) is 0 Å². The summed E-state index contributed by atoms with van der Waals surface area (Å²) in [5.74, 6) is 0.753. The van der Waals surface area contributed by atoms with E-state index in [0.29, 0.717) is 42.6 Å². The number of amides is 1. The molecule has 6 nitrogen and oxygen atoms in total. The molecule has 0 aromatic heterocycles. The Kier molecular flexibility index (Phi) is 7.85. The van der Waals surface area contributed by atoms with Gasteiger partial charge in [0.1, 0.15) is 18.1 Å². The number of methoxy groups -OCH3 is 1. The molecule has 0 saturated carbocycles. The lowest BCUT2D eigenvalue weighted by Gasteiger charge is -2.15. The maximum absolute atomic E-state index is 12.4. The smallest absolute Gasteiger partial charge is 0.261 e. The summed E-state index contributed by atoms with van der Waals surface area (Å²) in [4.78, 5) is 12.4.